The van der Waals surface area contributed by atoms with Crippen molar-refractivity contribution in [2.24, 2.45) is 16.8 Å². The van der Waals surface area contributed by atoms with Gasteiger partial charge in [0.05, 0.1) is 32.8 Å². The standard InChI is InChI=1S/C19H36N4O3/c1-5-20-19(23-8-6-16(7-9-23)18(24)25-4)21-14-17(15(2)3)22-10-12-26-13-11-22/h15-17H,5-14H2,1-4H3,(H,20,21). The van der Waals surface area contributed by atoms with E-state index < -0.39 is 0 Å². The molecule has 2 aliphatic heterocycles. The molecule has 2 aliphatic rings. The van der Waals surface area contributed by atoms with Crippen molar-refractivity contribution in [1.82, 2.24) is 15.1 Å². The Morgan fingerprint density at radius 2 is 1.88 bits per heavy atom. The molecule has 26 heavy (non-hydrogen) atoms. The van der Waals surface area contributed by atoms with E-state index in [2.05, 4.69) is 35.9 Å². The Balaban J connectivity index is 1.97. The van der Waals surface area contributed by atoms with Crippen molar-refractivity contribution in [1.29, 1.82) is 0 Å². The third-order valence-corrected chi connectivity index (χ3v) is 5.38. The van der Waals surface area contributed by atoms with Crippen molar-refractivity contribution in [3.05, 3.63) is 0 Å². The number of rotatable bonds is 6. The van der Waals surface area contributed by atoms with Crippen LogP contribution >= 0.6 is 0 Å². The maximum absolute atomic E-state index is 11.7. The second-order valence-corrected chi connectivity index (χ2v) is 7.44. The topological polar surface area (TPSA) is 66.4 Å². The van der Waals surface area contributed by atoms with Crippen LogP contribution in [0.3, 0.4) is 0 Å². The summed E-state index contributed by atoms with van der Waals surface area (Å²) in [5.74, 6) is 1.45. The van der Waals surface area contributed by atoms with Gasteiger partial charge in [-0.2, -0.15) is 0 Å². The average molecular weight is 369 g/mol. The minimum Gasteiger partial charge on any atom is -0.469 e. The zero-order chi connectivity index (χ0) is 18.9. The van der Waals surface area contributed by atoms with E-state index in [9.17, 15) is 4.79 Å². The fraction of sp³-hybridized carbons (Fsp3) is 0.895. The molecule has 2 heterocycles. The summed E-state index contributed by atoms with van der Waals surface area (Å²) in [7, 11) is 1.47. The van der Waals surface area contributed by atoms with E-state index in [1.54, 1.807) is 0 Å². The minimum atomic E-state index is -0.0845. The molecular formula is C19H36N4O3. The molecule has 0 saturated carbocycles. The Morgan fingerprint density at radius 3 is 2.42 bits per heavy atom. The number of nitrogens with one attached hydrogen (secondary N) is 1. The van der Waals surface area contributed by atoms with E-state index in [4.69, 9.17) is 14.5 Å². The third kappa shape index (κ3) is 5.84. The van der Waals surface area contributed by atoms with Gasteiger partial charge in [-0.15, -0.1) is 0 Å². The lowest BCUT2D eigenvalue weighted by Gasteiger charge is -2.37. The van der Waals surface area contributed by atoms with Crippen LogP contribution in [0.5, 0.6) is 0 Å². The first-order valence-corrected chi connectivity index (χ1v) is 9.99. The molecule has 0 spiro atoms. The van der Waals surface area contributed by atoms with Gasteiger partial charge in [-0.05, 0) is 25.7 Å². The Hall–Kier alpha value is -1.34. The van der Waals surface area contributed by atoms with E-state index in [1.165, 1.54) is 7.11 Å². The molecular weight excluding hydrogens is 332 g/mol. The number of hydrogen-bond donors (Lipinski definition) is 1. The van der Waals surface area contributed by atoms with Crippen LogP contribution in [0.25, 0.3) is 0 Å². The van der Waals surface area contributed by atoms with E-state index in [0.29, 0.717) is 12.0 Å². The second-order valence-electron chi connectivity index (χ2n) is 7.44. The number of aliphatic imine (C=N–C) groups is 1. The minimum absolute atomic E-state index is 0.0240. The van der Waals surface area contributed by atoms with Gasteiger partial charge in [0.1, 0.15) is 0 Å². The molecule has 7 heteroatoms. The van der Waals surface area contributed by atoms with Crippen LogP contribution in [0.15, 0.2) is 4.99 Å². The predicted octanol–water partition coefficient (Wildman–Crippen LogP) is 1.19. The number of hydrogen-bond acceptors (Lipinski definition) is 5. The van der Waals surface area contributed by atoms with Gasteiger partial charge in [0.25, 0.3) is 0 Å². The first-order valence-electron chi connectivity index (χ1n) is 9.99. The maximum Gasteiger partial charge on any atom is 0.308 e. The second kappa shape index (κ2) is 10.7. The fourth-order valence-electron chi connectivity index (χ4n) is 3.76. The van der Waals surface area contributed by atoms with E-state index >= 15 is 0 Å². The molecule has 1 unspecified atom stereocenters. The lowest BCUT2D eigenvalue weighted by Crippen LogP contribution is -2.49. The zero-order valence-corrected chi connectivity index (χ0v) is 16.9. The monoisotopic (exact) mass is 368 g/mol. The Kier molecular flexibility index (Phi) is 8.65. The van der Waals surface area contributed by atoms with Crippen LogP contribution in [-0.2, 0) is 14.3 Å². The molecule has 0 aromatic heterocycles. The van der Waals surface area contributed by atoms with Crippen LogP contribution in [-0.4, -0.2) is 87.4 Å². The van der Waals surface area contributed by atoms with Crippen LogP contribution in [0, 0.1) is 11.8 Å². The summed E-state index contributed by atoms with van der Waals surface area (Å²) in [5, 5.41) is 3.42. The highest BCUT2D eigenvalue weighted by Gasteiger charge is 2.28. The van der Waals surface area contributed by atoms with Crippen molar-refractivity contribution in [2.75, 3.05) is 59.6 Å². The molecule has 0 aromatic rings. The van der Waals surface area contributed by atoms with Gasteiger partial charge in [0.15, 0.2) is 5.96 Å². The molecule has 1 atom stereocenters. The molecule has 0 aromatic carbocycles. The molecule has 7 nitrogen and oxygen atoms in total. The van der Waals surface area contributed by atoms with E-state index in [-0.39, 0.29) is 11.9 Å². The van der Waals surface area contributed by atoms with Gasteiger partial charge in [0, 0.05) is 38.8 Å². The number of likely N-dealkylation sites (tertiary alicyclic amines) is 1. The highest BCUT2D eigenvalue weighted by atomic mass is 16.5. The summed E-state index contributed by atoms with van der Waals surface area (Å²) < 4.78 is 10.4. The summed E-state index contributed by atoms with van der Waals surface area (Å²) in [6.07, 6.45) is 1.66. The zero-order valence-electron chi connectivity index (χ0n) is 16.9. The average Bonchev–Trinajstić information content (AvgIpc) is 2.67. The summed E-state index contributed by atoms with van der Waals surface area (Å²) in [5.41, 5.74) is 0. The van der Waals surface area contributed by atoms with Crippen molar-refractivity contribution in [3.63, 3.8) is 0 Å². The number of carbonyl (C=O) groups is 1. The predicted molar refractivity (Wildman–Crippen MR) is 103 cm³/mol. The summed E-state index contributed by atoms with van der Waals surface area (Å²) >= 11 is 0. The van der Waals surface area contributed by atoms with E-state index in [0.717, 1.165) is 71.3 Å². The SMILES string of the molecule is CCNC(=NCC(C(C)C)N1CCOCC1)N1CCC(C(=O)OC)CC1. The molecule has 1 N–H and O–H groups in total. The molecule has 0 bridgehead atoms. The van der Waals surface area contributed by atoms with Gasteiger partial charge in [0.2, 0.25) is 0 Å². The van der Waals surface area contributed by atoms with Crippen molar-refractivity contribution < 1.29 is 14.3 Å². The highest BCUT2D eigenvalue weighted by Crippen LogP contribution is 2.19. The van der Waals surface area contributed by atoms with Crippen LogP contribution < -0.4 is 5.32 Å². The summed E-state index contributed by atoms with van der Waals surface area (Å²) in [6, 6.07) is 0.431. The van der Waals surface area contributed by atoms with Crippen molar-refractivity contribution >= 4 is 11.9 Å². The van der Waals surface area contributed by atoms with Gasteiger partial charge in [-0.1, -0.05) is 13.8 Å². The molecule has 0 aliphatic carbocycles. The third-order valence-electron chi connectivity index (χ3n) is 5.38. The first kappa shape index (κ1) is 21.0. The first-order chi connectivity index (χ1) is 12.6. The summed E-state index contributed by atoms with van der Waals surface area (Å²) in [6.45, 7) is 13.6. The maximum atomic E-state index is 11.7. The van der Waals surface area contributed by atoms with Gasteiger partial charge in [-0.3, -0.25) is 14.7 Å². The van der Waals surface area contributed by atoms with Crippen molar-refractivity contribution in [3.8, 4) is 0 Å². The van der Waals surface area contributed by atoms with Crippen LogP contribution in [0.1, 0.15) is 33.6 Å². The van der Waals surface area contributed by atoms with E-state index in [1.807, 2.05) is 0 Å². The van der Waals surface area contributed by atoms with Gasteiger partial charge < -0.3 is 19.7 Å². The highest BCUT2D eigenvalue weighted by molar-refractivity contribution is 5.80. The summed E-state index contributed by atoms with van der Waals surface area (Å²) in [4.78, 5) is 21.5. The number of morpholine rings is 1. The van der Waals surface area contributed by atoms with Crippen molar-refractivity contribution in [2.45, 2.75) is 39.7 Å². The number of guanidine groups is 1. The number of methoxy groups -OCH3 is 1. The van der Waals surface area contributed by atoms with Crippen LogP contribution in [0.2, 0.25) is 0 Å². The molecule has 150 valence electrons. The molecule has 2 fully saturated rings. The van der Waals surface area contributed by atoms with Gasteiger partial charge in [-0.25, -0.2) is 0 Å². The lowest BCUT2D eigenvalue weighted by molar-refractivity contribution is -0.146. The molecule has 0 radical (unpaired) electrons. The molecule has 2 saturated heterocycles. The molecule has 2 rings (SSSR count). The Labute approximate surface area is 158 Å². The fourth-order valence-corrected chi connectivity index (χ4v) is 3.76. The number of ether oxygens (including phenoxy) is 2. The Bertz CT molecular complexity index is 456. The Morgan fingerprint density at radius 1 is 1.23 bits per heavy atom. The number of esters is 1. The quantitative estimate of drug-likeness (QED) is 0.432. The lowest BCUT2D eigenvalue weighted by atomic mass is 9.97. The number of piperidine rings is 1. The smallest absolute Gasteiger partial charge is 0.308 e. The number of carbonyl (C=O) groups excluding carboxylic acids is 1. The van der Waals surface area contributed by atoms with Gasteiger partial charge >= 0.3 is 5.97 Å². The number of nitrogens with zero attached hydrogens (tertiary/aromatic N) is 3. The largest absolute Gasteiger partial charge is 0.469 e. The molecule has 0 amide bonds. The van der Waals surface area contributed by atoms with Crippen LogP contribution in [0.4, 0.5) is 0 Å². The normalized spacial score (nSPS) is 21.7.